The van der Waals surface area contributed by atoms with Crippen molar-refractivity contribution in [1.82, 2.24) is 9.97 Å². The highest BCUT2D eigenvalue weighted by atomic mass is 32.1. The summed E-state index contributed by atoms with van der Waals surface area (Å²) in [6.07, 6.45) is 0. The fourth-order valence-electron chi connectivity index (χ4n) is 2.70. The Morgan fingerprint density at radius 2 is 0.969 bits per heavy atom. The number of H-pyrrole nitrogens is 1. The van der Waals surface area contributed by atoms with E-state index in [2.05, 4.69) is 22.6 Å². The first-order valence-electron chi connectivity index (χ1n) is 9.89. The maximum atomic E-state index is 5.84. The molecular weight excluding hydrogens is 439 g/mol. The Morgan fingerprint density at radius 3 is 1.41 bits per heavy atom. The second-order valence-electron chi connectivity index (χ2n) is 6.51. The summed E-state index contributed by atoms with van der Waals surface area (Å²) in [7, 11) is -1.59. The number of para-hydroxylation sites is 5. The normalized spacial score (nSPS) is 10.3. The van der Waals surface area contributed by atoms with Crippen molar-refractivity contribution in [2.45, 2.75) is 5.16 Å². The average molecular weight is 460 g/mol. The molecule has 0 radical (unpaired) electrons. The van der Waals surface area contributed by atoms with Gasteiger partial charge in [0, 0.05) is 0 Å². The van der Waals surface area contributed by atoms with Crippen LogP contribution in [-0.2, 0) is 0 Å². The van der Waals surface area contributed by atoms with Crippen LogP contribution in [0.1, 0.15) is 0 Å². The maximum Gasteiger partial charge on any atom is 0.530 e. The Kier molecular flexibility index (Phi) is 7.64. The summed E-state index contributed by atoms with van der Waals surface area (Å²) in [4.78, 5) is 7.13. The summed E-state index contributed by atoms with van der Waals surface area (Å²) < 4.78 is 17.5. The van der Waals surface area contributed by atoms with Gasteiger partial charge in [0.2, 0.25) is 0 Å². The highest BCUT2D eigenvalue weighted by Crippen LogP contribution is 2.41. The van der Waals surface area contributed by atoms with Gasteiger partial charge in [0.25, 0.3) is 0 Å². The fraction of sp³-hybridized carbons (Fsp3) is 0. The zero-order valence-electron chi connectivity index (χ0n) is 17.0. The van der Waals surface area contributed by atoms with E-state index >= 15 is 0 Å². The lowest BCUT2D eigenvalue weighted by atomic mass is 10.3. The molecule has 0 unspecified atom stereocenters. The minimum absolute atomic E-state index is 0.668. The number of imidazole rings is 1. The summed E-state index contributed by atoms with van der Waals surface area (Å²) in [5.74, 6) is 2.13. The first-order valence-corrected chi connectivity index (χ1v) is 11.4. The molecule has 32 heavy (non-hydrogen) atoms. The molecule has 0 aliphatic heterocycles. The molecule has 0 aliphatic rings. The second kappa shape index (κ2) is 11.2. The molecule has 160 valence electrons. The molecule has 1 aromatic heterocycles. The quantitative estimate of drug-likeness (QED) is 0.206. The van der Waals surface area contributed by atoms with Gasteiger partial charge in [-0.2, -0.15) is 0 Å². The van der Waals surface area contributed by atoms with Gasteiger partial charge in [-0.15, -0.1) is 12.6 Å². The lowest BCUT2D eigenvalue weighted by molar-refractivity contribution is 0.388. The first kappa shape index (κ1) is 21.8. The molecule has 0 saturated carbocycles. The molecule has 1 N–H and O–H groups in total. The van der Waals surface area contributed by atoms with Crippen LogP contribution in [0.5, 0.6) is 17.2 Å². The van der Waals surface area contributed by atoms with Gasteiger partial charge in [-0.25, -0.2) is 4.98 Å². The summed E-state index contributed by atoms with van der Waals surface area (Å²) in [6.45, 7) is 0. The van der Waals surface area contributed by atoms with Crippen molar-refractivity contribution in [2.75, 3.05) is 0 Å². The minimum Gasteiger partial charge on any atom is -0.409 e. The highest BCUT2D eigenvalue weighted by Gasteiger charge is 2.19. The SMILES string of the molecule is Sc1nc2ccccc2[nH]1.c1ccc(OP(Oc2ccccc2)Oc2ccccc2)cc1. The van der Waals surface area contributed by atoms with Gasteiger partial charge in [0.05, 0.1) is 11.0 Å². The molecule has 5 aromatic rings. The van der Waals surface area contributed by atoms with Crippen LogP contribution in [0.4, 0.5) is 0 Å². The predicted octanol–water partition coefficient (Wildman–Crippen LogP) is 7.30. The van der Waals surface area contributed by atoms with Crippen LogP contribution < -0.4 is 13.6 Å². The molecule has 5 rings (SSSR count). The van der Waals surface area contributed by atoms with Crippen molar-refractivity contribution in [1.29, 1.82) is 0 Å². The molecule has 0 aliphatic carbocycles. The monoisotopic (exact) mass is 460 g/mol. The Bertz CT molecular complexity index is 1090. The van der Waals surface area contributed by atoms with Crippen LogP contribution >= 0.6 is 21.2 Å². The molecule has 0 spiro atoms. The molecule has 7 heteroatoms. The first-order chi connectivity index (χ1) is 15.8. The molecule has 5 nitrogen and oxygen atoms in total. The van der Waals surface area contributed by atoms with E-state index in [1.165, 1.54) is 0 Å². The number of hydrogen-bond donors (Lipinski definition) is 2. The number of benzene rings is 4. The van der Waals surface area contributed by atoms with Crippen molar-refractivity contribution >= 4 is 32.3 Å². The number of hydrogen-bond acceptors (Lipinski definition) is 5. The number of nitrogens with one attached hydrogen (secondary N) is 1. The van der Waals surface area contributed by atoms with E-state index in [9.17, 15) is 0 Å². The summed E-state index contributed by atoms with van der Waals surface area (Å²) in [5, 5.41) is 0.668. The Labute approximate surface area is 193 Å². The molecule has 4 aromatic carbocycles. The van der Waals surface area contributed by atoms with Crippen molar-refractivity contribution < 1.29 is 13.6 Å². The van der Waals surface area contributed by atoms with Crippen molar-refractivity contribution in [3.8, 4) is 17.2 Å². The Balaban J connectivity index is 0.000000203. The number of fused-ring (bicyclic) bond motifs is 1. The fourth-order valence-corrected chi connectivity index (χ4v) is 3.92. The van der Waals surface area contributed by atoms with Gasteiger partial charge in [-0.05, 0) is 48.5 Å². The predicted molar refractivity (Wildman–Crippen MR) is 131 cm³/mol. The summed E-state index contributed by atoms with van der Waals surface area (Å²) in [6, 6.07) is 36.4. The number of rotatable bonds is 6. The van der Waals surface area contributed by atoms with E-state index in [0.717, 1.165) is 11.0 Å². The van der Waals surface area contributed by atoms with Crippen molar-refractivity contribution in [3.63, 3.8) is 0 Å². The molecular formula is C25H21N2O3PS. The third-order valence-corrected chi connectivity index (χ3v) is 5.44. The lowest BCUT2D eigenvalue weighted by Gasteiger charge is -2.17. The van der Waals surface area contributed by atoms with Gasteiger partial charge < -0.3 is 18.6 Å². The van der Waals surface area contributed by atoms with E-state index in [0.29, 0.717) is 22.4 Å². The van der Waals surface area contributed by atoms with Gasteiger partial charge in [0.15, 0.2) is 5.16 Å². The number of nitrogens with zero attached hydrogens (tertiary/aromatic N) is 1. The average Bonchev–Trinajstić information content (AvgIpc) is 3.22. The molecule has 1 heterocycles. The van der Waals surface area contributed by atoms with Crippen LogP contribution in [0.25, 0.3) is 11.0 Å². The third-order valence-electron chi connectivity index (χ3n) is 4.15. The van der Waals surface area contributed by atoms with Crippen molar-refractivity contribution in [2.24, 2.45) is 0 Å². The number of aromatic nitrogens is 2. The van der Waals surface area contributed by atoms with Crippen LogP contribution in [0.15, 0.2) is 120 Å². The number of thiol groups is 1. The molecule has 0 fully saturated rings. The molecule has 0 atom stereocenters. The zero-order valence-corrected chi connectivity index (χ0v) is 18.8. The largest absolute Gasteiger partial charge is 0.530 e. The van der Waals surface area contributed by atoms with Crippen LogP contribution in [0.2, 0.25) is 0 Å². The van der Waals surface area contributed by atoms with Gasteiger partial charge >= 0.3 is 8.60 Å². The highest BCUT2D eigenvalue weighted by molar-refractivity contribution is 7.80. The smallest absolute Gasteiger partial charge is 0.409 e. The maximum absolute atomic E-state index is 5.84. The summed E-state index contributed by atoms with van der Waals surface area (Å²) in [5.41, 5.74) is 2.00. The van der Waals surface area contributed by atoms with E-state index in [4.69, 9.17) is 13.6 Å². The summed E-state index contributed by atoms with van der Waals surface area (Å²) >= 11 is 4.08. The number of aromatic amines is 1. The van der Waals surface area contributed by atoms with Gasteiger partial charge in [0.1, 0.15) is 17.2 Å². The van der Waals surface area contributed by atoms with Gasteiger partial charge in [-0.3, -0.25) is 0 Å². The van der Waals surface area contributed by atoms with Gasteiger partial charge in [-0.1, -0.05) is 66.7 Å². The molecule has 0 amide bonds. The van der Waals surface area contributed by atoms with Crippen molar-refractivity contribution in [3.05, 3.63) is 115 Å². The zero-order chi connectivity index (χ0) is 22.0. The van der Waals surface area contributed by atoms with Crippen LogP contribution in [-0.4, -0.2) is 9.97 Å². The second-order valence-corrected chi connectivity index (χ2v) is 7.93. The van der Waals surface area contributed by atoms with E-state index in [1.807, 2.05) is 115 Å². The van der Waals surface area contributed by atoms with E-state index < -0.39 is 8.60 Å². The Hall–Kier alpha value is -3.47. The minimum atomic E-state index is -1.59. The Morgan fingerprint density at radius 1 is 0.562 bits per heavy atom. The third kappa shape index (κ3) is 6.51. The molecule has 0 saturated heterocycles. The molecule has 0 bridgehead atoms. The topological polar surface area (TPSA) is 56.4 Å². The van der Waals surface area contributed by atoms with Crippen LogP contribution in [0, 0.1) is 0 Å². The van der Waals surface area contributed by atoms with E-state index in [1.54, 1.807) is 0 Å². The standard InChI is InChI=1S/C18H15O3P.C7H6N2S/c1-4-10-16(11-5-1)19-22(20-17-12-6-2-7-13-17)21-18-14-8-3-9-15-18;10-7-8-5-3-1-2-4-6(5)9-7/h1-15H;1-4H,(H2,8,9,10). The lowest BCUT2D eigenvalue weighted by Crippen LogP contribution is -2.02. The van der Waals surface area contributed by atoms with E-state index in [-0.39, 0.29) is 0 Å². The van der Waals surface area contributed by atoms with Crippen LogP contribution in [0.3, 0.4) is 0 Å².